The maximum absolute atomic E-state index is 13.6. The summed E-state index contributed by atoms with van der Waals surface area (Å²) in [4.78, 5) is 13.7. The smallest absolute Gasteiger partial charge is 0.284 e. The van der Waals surface area contributed by atoms with Crippen molar-refractivity contribution in [3.63, 3.8) is 0 Å². The van der Waals surface area contributed by atoms with Crippen LogP contribution in [0.15, 0.2) is 39.6 Å². The van der Waals surface area contributed by atoms with Gasteiger partial charge in [-0.25, -0.2) is 4.39 Å². The second kappa shape index (κ2) is 4.22. The second-order valence-corrected chi connectivity index (χ2v) is 4.43. The van der Waals surface area contributed by atoms with Gasteiger partial charge in [0.1, 0.15) is 0 Å². The van der Waals surface area contributed by atoms with Gasteiger partial charge in [0.25, 0.3) is 5.56 Å². The summed E-state index contributed by atoms with van der Waals surface area (Å²) in [6.45, 7) is 1.73. The van der Waals surface area contributed by atoms with Crippen molar-refractivity contribution in [2.24, 2.45) is 0 Å². The number of halogens is 2. The molecule has 2 aromatic rings. The van der Waals surface area contributed by atoms with E-state index in [9.17, 15) is 9.18 Å². The van der Waals surface area contributed by atoms with Crippen LogP contribution >= 0.6 is 15.9 Å². The summed E-state index contributed by atoms with van der Waals surface area (Å²) in [6.07, 6.45) is 0. The Labute approximate surface area is 100 Å². The quantitative estimate of drug-likeness (QED) is 0.855. The van der Waals surface area contributed by atoms with Gasteiger partial charge in [-0.05, 0) is 30.7 Å². The van der Waals surface area contributed by atoms with Crippen LogP contribution in [0, 0.1) is 12.7 Å². The molecule has 0 spiro atoms. The number of pyridine rings is 1. The van der Waals surface area contributed by atoms with Gasteiger partial charge in [0.05, 0.1) is 0 Å². The van der Waals surface area contributed by atoms with Crippen molar-refractivity contribution >= 4 is 15.9 Å². The van der Waals surface area contributed by atoms with Crippen LogP contribution in [-0.2, 0) is 0 Å². The van der Waals surface area contributed by atoms with Crippen LogP contribution in [0.5, 0.6) is 0 Å². The molecule has 1 aromatic carbocycles. The number of aromatic nitrogens is 1. The van der Waals surface area contributed by atoms with Crippen LogP contribution in [0.1, 0.15) is 5.69 Å². The molecule has 4 heteroatoms. The number of aromatic amines is 1. The first-order valence-corrected chi connectivity index (χ1v) is 5.52. The maximum atomic E-state index is 13.6. The Morgan fingerprint density at radius 2 is 1.88 bits per heavy atom. The number of hydrogen-bond acceptors (Lipinski definition) is 1. The standard InChI is InChI=1S/C12H9BrFNO/c1-7-6-10(11(14)12(16)15-7)8-2-4-9(13)5-3-8/h2-6H,1H3,(H,15,16). The fourth-order valence-corrected chi connectivity index (χ4v) is 1.78. The van der Waals surface area contributed by atoms with E-state index in [-0.39, 0.29) is 0 Å². The maximum Gasteiger partial charge on any atom is 0.284 e. The summed E-state index contributed by atoms with van der Waals surface area (Å²) in [6, 6.07) is 8.78. The molecule has 82 valence electrons. The molecule has 0 radical (unpaired) electrons. The molecule has 1 aromatic heterocycles. The largest absolute Gasteiger partial charge is 0.324 e. The van der Waals surface area contributed by atoms with Crippen molar-refractivity contribution in [1.82, 2.24) is 4.98 Å². The van der Waals surface area contributed by atoms with Gasteiger partial charge in [0, 0.05) is 15.7 Å². The highest BCUT2D eigenvalue weighted by Gasteiger charge is 2.09. The molecule has 2 rings (SSSR count). The zero-order valence-corrected chi connectivity index (χ0v) is 10.1. The summed E-state index contributed by atoms with van der Waals surface area (Å²) in [5.41, 5.74) is 0.978. The van der Waals surface area contributed by atoms with E-state index in [1.807, 2.05) is 12.1 Å². The zero-order valence-electron chi connectivity index (χ0n) is 8.55. The third kappa shape index (κ3) is 2.07. The van der Waals surface area contributed by atoms with Gasteiger partial charge in [0.15, 0.2) is 5.82 Å². The Bertz CT molecular complexity index is 575. The van der Waals surface area contributed by atoms with Crippen molar-refractivity contribution in [2.75, 3.05) is 0 Å². The Kier molecular flexibility index (Phi) is 2.92. The second-order valence-electron chi connectivity index (χ2n) is 3.52. The van der Waals surface area contributed by atoms with Gasteiger partial charge >= 0.3 is 0 Å². The van der Waals surface area contributed by atoms with Crippen LogP contribution in [0.2, 0.25) is 0 Å². The first-order chi connectivity index (χ1) is 7.58. The van der Waals surface area contributed by atoms with Gasteiger partial charge in [-0.3, -0.25) is 4.79 Å². The molecule has 0 bridgehead atoms. The molecule has 1 heterocycles. The molecular formula is C12H9BrFNO. The van der Waals surface area contributed by atoms with Crippen molar-refractivity contribution in [1.29, 1.82) is 0 Å². The molecule has 16 heavy (non-hydrogen) atoms. The summed E-state index contributed by atoms with van der Waals surface area (Å²) < 4.78 is 14.5. The topological polar surface area (TPSA) is 32.9 Å². The van der Waals surface area contributed by atoms with E-state index in [4.69, 9.17) is 0 Å². The summed E-state index contributed by atoms with van der Waals surface area (Å²) in [5.74, 6) is -0.743. The van der Waals surface area contributed by atoms with E-state index in [0.717, 1.165) is 4.47 Å². The molecule has 0 aliphatic rings. The third-order valence-electron chi connectivity index (χ3n) is 2.26. The van der Waals surface area contributed by atoms with Crippen molar-refractivity contribution in [3.8, 4) is 11.1 Å². The Morgan fingerprint density at radius 1 is 1.25 bits per heavy atom. The highest BCUT2D eigenvalue weighted by molar-refractivity contribution is 9.10. The van der Waals surface area contributed by atoms with E-state index in [0.29, 0.717) is 16.8 Å². The molecule has 0 fully saturated rings. The average molecular weight is 282 g/mol. The number of aryl methyl sites for hydroxylation is 1. The zero-order chi connectivity index (χ0) is 11.7. The first kappa shape index (κ1) is 11.1. The molecule has 0 amide bonds. The number of nitrogens with one attached hydrogen (secondary N) is 1. The molecule has 0 saturated carbocycles. The molecule has 0 saturated heterocycles. The third-order valence-corrected chi connectivity index (χ3v) is 2.79. The lowest BCUT2D eigenvalue weighted by molar-refractivity contribution is 0.611. The normalized spacial score (nSPS) is 10.4. The van der Waals surface area contributed by atoms with Crippen LogP contribution in [0.3, 0.4) is 0 Å². The van der Waals surface area contributed by atoms with Gasteiger partial charge in [-0.2, -0.15) is 0 Å². The number of H-pyrrole nitrogens is 1. The fraction of sp³-hybridized carbons (Fsp3) is 0.0833. The van der Waals surface area contributed by atoms with E-state index in [1.54, 1.807) is 25.1 Å². The highest BCUT2D eigenvalue weighted by Crippen LogP contribution is 2.23. The monoisotopic (exact) mass is 281 g/mol. The van der Waals surface area contributed by atoms with E-state index in [2.05, 4.69) is 20.9 Å². The summed E-state index contributed by atoms with van der Waals surface area (Å²) in [5, 5.41) is 0. The molecular weight excluding hydrogens is 273 g/mol. The number of rotatable bonds is 1. The van der Waals surface area contributed by atoms with Gasteiger partial charge in [-0.1, -0.05) is 28.1 Å². The summed E-state index contributed by atoms with van der Waals surface area (Å²) >= 11 is 3.30. The summed E-state index contributed by atoms with van der Waals surface area (Å²) in [7, 11) is 0. The molecule has 1 N–H and O–H groups in total. The minimum atomic E-state index is -0.743. The highest BCUT2D eigenvalue weighted by atomic mass is 79.9. The predicted molar refractivity (Wildman–Crippen MR) is 64.9 cm³/mol. The Balaban J connectivity index is 2.64. The van der Waals surface area contributed by atoms with Gasteiger partial charge < -0.3 is 4.98 Å². The van der Waals surface area contributed by atoms with Crippen LogP contribution in [-0.4, -0.2) is 4.98 Å². The van der Waals surface area contributed by atoms with Crippen molar-refractivity contribution in [2.45, 2.75) is 6.92 Å². The molecule has 2 nitrogen and oxygen atoms in total. The van der Waals surface area contributed by atoms with Crippen LogP contribution < -0.4 is 5.56 Å². The lowest BCUT2D eigenvalue weighted by Crippen LogP contribution is -2.13. The van der Waals surface area contributed by atoms with Crippen LogP contribution in [0.4, 0.5) is 4.39 Å². The minimum absolute atomic E-state index is 0.328. The van der Waals surface area contributed by atoms with Crippen LogP contribution in [0.25, 0.3) is 11.1 Å². The molecule has 0 aliphatic carbocycles. The minimum Gasteiger partial charge on any atom is -0.324 e. The fourth-order valence-electron chi connectivity index (χ4n) is 1.51. The van der Waals surface area contributed by atoms with E-state index < -0.39 is 11.4 Å². The number of hydrogen-bond donors (Lipinski definition) is 1. The molecule has 0 atom stereocenters. The Hall–Kier alpha value is -1.42. The molecule has 0 aliphatic heterocycles. The average Bonchev–Trinajstić information content (AvgIpc) is 2.25. The predicted octanol–water partition coefficient (Wildman–Crippen LogP) is 3.25. The van der Waals surface area contributed by atoms with Crippen molar-refractivity contribution in [3.05, 3.63) is 56.7 Å². The first-order valence-electron chi connectivity index (χ1n) is 4.73. The van der Waals surface area contributed by atoms with Gasteiger partial charge in [0.2, 0.25) is 0 Å². The number of benzene rings is 1. The SMILES string of the molecule is Cc1cc(-c2ccc(Br)cc2)c(F)c(=O)[nH]1. The van der Waals surface area contributed by atoms with E-state index in [1.165, 1.54) is 0 Å². The van der Waals surface area contributed by atoms with Crippen molar-refractivity contribution < 1.29 is 4.39 Å². The lowest BCUT2D eigenvalue weighted by Gasteiger charge is -2.04. The van der Waals surface area contributed by atoms with E-state index >= 15 is 0 Å². The van der Waals surface area contributed by atoms with Gasteiger partial charge in [-0.15, -0.1) is 0 Å². The molecule has 0 unspecified atom stereocenters. The lowest BCUT2D eigenvalue weighted by atomic mass is 10.1. The Morgan fingerprint density at radius 3 is 2.50 bits per heavy atom.